The third-order valence-corrected chi connectivity index (χ3v) is 7.24. The van der Waals surface area contributed by atoms with E-state index in [4.69, 9.17) is 4.42 Å². The van der Waals surface area contributed by atoms with Gasteiger partial charge in [0, 0.05) is 23.3 Å². The number of hydrogen-bond acceptors (Lipinski definition) is 7. The van der Waals surface area contributed by atoms with Crippen LogP contribution >= 0.6 is 11.8 Å². The lowest BCUT2D eigenvalue weighted by molar-refractivity contribution is -0.484. The lowest BCUT2D eigenvalue weighted by Crippen LogP contribution is -2.46. The molecule has 4 saturated carbocycles. The fourth-order valence-corrected chi connectivity index (χ4v) is 5.84. The van der Waals surface area contributed by atoms with E-state index in [2.05, 4.69) is 28.1 Å². The van der Waals surface area contributed by atoms with Crippen molar-refractivity contribution in [2.45, 2.75) is 37.3 Å². The van der Waals surface area contributed by atoms with Crippen LogP contribution in [0.15, 0.2) is 16.5 Å². The van der Waals surface area contributed by atoms with Gasteiger partial charge in [-0.05, 0) is 55.7 Å². The van der Waals surface area contributed by atoms with Crippen LogP contribution in [0.3, 0.4) is 0 Å². The van der Waals surface area contributed by atoms with Crippen molar-refractivity contribution >= 4 is 11.8 Å². The average molecular weight is 381 g/mol. The number of likely N-dealkylation sites (N-methyl/N-ethyl adjacent to an activating group) is 1. The van der Waals surface area contributed by atoms with Crippen molar-refractivity contribution in [3.63, 3.8) is 0 Å². The SMILES string of the molecule is CNC(C[N+](=O)[O-])NCCSCc1ccc(CNC2C3CC4C(C3)C42)o1. The lowest BCUT2D eigenvalue weighted by atomic mass is 10.1. The van der Waals surface area contributed by atoms with Gasteiger partial charge in [0.05, 0.1) is 12.3 Å². The summed E-state index contributed by atoms with van der Waals surface area (Å²) in [6, 6.07) is 4.88. The lowest BCUT2D eigenvalue weighted by Gasteiger charge is -2.15. The van der Waals surface area contributed by atoms with Crippen LogP contribution in [0.5, 0.6) is 0 Å². The number of furan rings is 1. The van der Waals surface area contributed by atoms with Gasteiger partial charge in [0.1, 0.15) is 17.7 Å². The molecule has 0 saturated heterocycles. The third kappa shape index (κ3) is 3.93. The highest BCUT2D eigenvalue weighted by molar-refractivity contribution is 7.98. The van der Waals surface area contributed by atoms with Gasteiger partial charge in [0.2, 0.25) is 6.54 Å². The Hall–Kier alpha value is -1.09. The molecule has 4 atom stereocenters. The molecule has 0 aromatic carbocycles. The van der Waals surface area contributed by atoms with Gasteiger partial charge in [-0.2, -0.15) is 11.8 Å². The molecule has 0 spiro atoms. The first-order valence-corrected chi connectivity index (χ1v) is 10.7. The zero-order valence-corrected chi connectivity index (χ0v) is 16.0. The molecule has 4 unspecified atom stereocenters. The molecule has 4 fully saturated rings. The number of nitro groups is 1. The highest BCUT2D eigenvalue weighted by Gasteiger charge is 2.68. The molecule has 144 valence electrons. The highest BCUT2D eigenvalue weighted by atomic mass is 32.2. The zero-order valence-electron chi connectivity index (χ0n) is 15.1. The Morgan fingerprint density at radius 2 is 2.12 bits per heavy atom. The molecule has 3 N–H and O–H groups in total. The van der Waals surface area contributed by atoms with Gasteiger partial charge < -0.3 is 9.73 Å². The van der Waals surface area contributed by atoms with Crippen LogP contribution in [0.2, 0.25) is 0 Å². The third-order valence-electron chi connectivity index (χ3n) is 6.26. The van der Waals surface area contributed by atoms with Gasteiger partial charge >= 0.3 is 0 Å². The van der Waals surface area contributed by atoms with E-state index in [1.807, 2.05) is 0 Å². The van der Waals surface area contributed by atoms with Crippen LogP contribution in [0.4, 0.5) is 0 Å². The summed E-state index contributed by atoms with van der Waals surface area (Å²) < 4.78 is 5.94. The summed E-state index contributed by atoms with van der Waals surface area (Å²) in [5.41, 5.74) is 0. The Labute approximate surface area is 158 Å². The molecule has 4 aliphatic rings. The topological polar surface area (TPSA) is 92.4 Å². The minimum absolute atomic E-state index is 0.111. The van der Waals surface area contributed by atoms with E-state index >= 15 is 0 Å². The molecule has 4 bridgehead atoms. The maximum Gasteiger partial charge on any atom is 0.231 e. The van der Waals surface area contributed by atoms with E-state index in [1.54, 1.807) is 18.8 Å². The normalized spacial score (nSPS) is 32.1. The fraction of sp³-hybridized carbons (Fsp3) is 0.778. The molecular weight excluding hydrogens is 352 g/mol. The van der Waals surface area contributed by atoms with Crippen molar-refractivity contribution in [1.82, 2.24) is 16.0 Å². The molecule has 0 radical (unpaired) electrons. The summed E-state index contributed by atoms with van der Waals surface area (Å²) in [7, 11) is 1.73. The number of nitrogens with zero attached hydrogens (tertiary/aromatic N) is 1. The summed E-state index contributed by atoms with van der Waals surface area (Å²) in [6.45, 7) is 1.46. The minimum Gasteiger partial charge on any atom is -0.464 e. The molecule has 5 rings (SSSR count). The van der Waals surface area contributed by atoms with Crippen LogP contribution in [0, 0.1) is 33.8 Å². The van der Waals surface area contributed by atoms with Gasteiger partial charge in [0.25, 0.3) is 0 Å². The second kappa shape index (κ2) is 7.88. The molecule has 1 aromatic heterocycles. The summed E-state index contributed by atoms with van der Waals surface area (Å²) >= 11 is 1.77. The average Bonchev–Trinajstić information content (AvgIpc) is 3.13. The number of nitrogens with one attached hydrogen (secondary N) is 3. The largest absolute Gasteiger partial charge is 0.464 e. The van der Waals surface area contributed by atoms with Crippen molar-refractivity contribution < 1.29 is 9.34 Å². The monoisotopic (exact) mass is 380 g/mol. The molecule has 0 aliphatic heterocycles. The van der Waals surface area contributed by atoms with E-state index < -0.39 is 0 Å². The summed E-state index contributed by atoms with van der Waals surface area (Å²) in [4.78, 5) is 10.2. The van der Waals surface area contributed by atoms with Crippen molar-refractivity contribution in [2.75, 3.05) is 25.9 Å². The molecule has 0 amide bonds. The fourth-order valence-electron chi connectivity index (χ4n) is 5.08. The first-order valence-electron chi connectivity index (χ1n) is 9.57. The maximum atomic E-state index is 10.5. The Morgan fingerprint density at radius 3 is 2.77 bits per heavy atom. The van der Waals surface area contributed by atoms with E-state index in [0.29, 0.717) is 0 Å². The van der Waals surface area contributed by atoms with Gasteiger partial charge in [0.15, 0.2) is 0 Å². The van der Waals surface area contributed by atoms with Gasteiger partial charge in [-0.1, -0.05) is 0 Å². The molecule has 4 aliphatic carbocycles. The molecule has 1 aromatic rings. The van der Waals surface area contributed by atoms with Gasteiger partial charge in [-0.3, -0.25) is 20.7 Å². The van der Waals surface area contributed by atoms with Crippen molar-refractivity contribution in [2.24, 2.45) is 23.7 Å². The molecule has 8 heteroatoms. The molecule has 26 heavy (non-hydrogen) atoms. The predicted molar refractivity (Wildman–Crippen MR) is 101 cm³/mol. The minimum atomic E-state index is -0.307. The van der Waals surface area contributed by atoms with E-state index in [9.17, 15) is 10.1 Å². The Balaban J connectivity index is 1.10. The molecule has 1 heterocycles. The van der Waals surface area contributed by atoms with Gasteiger partial charge in [-0.15, -0.1) is 0 Å². The van der Waals surface area contributed by atoms with Crippen molar-refractivity contribution in [3.8, 4) is 0 Å². The van der Waals surface area contributed by atoms with Gasteiger partial charge in [-0.25, -0.2) is 0 Å². The second-order valence-corrected chi connectivity index (χ2v) is 8.88. The highest BCUT2D eigenvalue weighted by Crippen LogP contribution is 2.70. The molecule has 7 nitrogen and oxygen atoms in total. The Bertz CT molecular complexity index is 626. The maximum absolute atomic E-state index is 10.5. The Kier molecular flexibility index (Phi) is 5.54. The Morgan fingerprint density at radius 1 is 1.35 bits per heavy atom. The van der Waals surface area contributed by atoms with Crippen LogP contribution in [0.1, 0.15) is 24.4 Å². The van der Waals surface area contributed by atoms with Crippen LogP contribution in [-0.2, 0) is 12.3 Å². The van der Waals surface area contributed by atoms with E-state index in [0.717, 1.165) is 65.8 Å². The zero-order chi connectivity index (χ0) is 18.1. The second-order valence-electron chi connectivity index (χ2n) is 7.77. The van der Waals surface area contributed by atoms with Crippen molar-refractivity contribution in [1.29, 1.82) is 0 Å². The number of thioether (sulfide) groups is 1. The summed E-state index contributed by atoms with van der Waals surface area (Å²) in [5.74, 6) is 7.73. The molecular formula is C18H28N4O3S. The summed E-state index contributed by atoms with van der Waals surface area (Å²) in [6.07, 6.45) is 2.63. The summed E-state index contributed by atoms with van der Waals surface area (Å²) in [5, 5.41) is 20.3. The first kappa shape index (κ1) is 18.3. The number of rotatable bonds is 12. The van der Waals surface area contributed by atoms with E-state index in [1.165, 1.54) is 12.8 Å². The van der Waals surface area contributed by atoms with Crippen LogP contribution < -0.4 is 16.0 Å². The van der Waals surface area contributed by atoms with Crippen LogP contribution in [0.25, 0.3) is 0 Å². The predicted octanol–water partition coefficient (Wildman–Crippen LogP) is 1.67. The quantitative estimate of drug-likeness (QED) is 0.220. The smallest absolute Gasteiger partial charge is 0.231 e. The van der Waals surface area contributed by atoms with E-state index in [-0.39, 0.29) is 17.6 Å². The standard InChI is InChI=1S/C18H28N4O3S/c1-19-16(9-22(23)24)20-4-5-26-10-13-3-2-12(25-13)8-21-18-11-6-14-15(7-11)17(14)18/h2-3,11,14-21H,4-10H2,1H3. The van der Waals surface area contributed by atoms with Crippen molar-refractivity contribution in [3.05, 3.63) is 33.8 Å². The number of hydrogen-bond donors (Lipinski definition) is 3. The van der Waals surface area contributed by atoms with Crippen LogP contribution in [-0.4, -0.2) is 43.0 Å². The first-order chi connectivity index (χ1) is 12.7.